The maximum Gasteiger partial charge on any atom is 0.267 e. The van der Waals surface area contributed by atoms with Crippen molar-refractivity contribution in [1.29, 1.82) is 0 Å². The van der Waals surface area contributed by atoms with Gasteiger partial charge < -0.3 is 9.73 Å². The molecular weight excluding hydrogens is 344 g/mol. The van der Waals surface area contributed by atoms with Crippen molar-refractivity contribution >= 4 is 44.6 Å². The average Bonchev–Trinajstić information content (AvgIpc) is 3.24. The van der Waals surface area contributed by atoms with E-state index in [2.05, 4.69) is 10.3 Å². The molecule has 0 spiro atoms. The minimum Gasteiger partial charge on any atom is -0.444 e. The molecule has 0 aliphatic rings. The summed E-state index contributed by atoms with van der Waals surface area (Å²) in [7, 11) is 0. The molecule has 2 aromatic heterocycles. The van der Waals surface area contributed by atoms with E-state index in [1.54, 1.807) is 6.20 Å². The van der Waals surface area contributed by atoms with Gasteiger partial charge in [0.15, 0.2) is 12.2 Å². The third-order valence-electron chi connectivity index (χ3n) is 3.60. The van der Waals surface area contributed by atoms with Crippen molar-refractivity contribution in [2.24, 2.45) is 0 Å². The van der Waals surface area contributed by atoms with Crippen molar-refractivity contribution in [2.45, 2.75) is 0 Å². The number of anilines is 1. The van der Waals surface area contributed by atoms with Gasteiger partial charge in [-0.25, -0.2) is 4.98 Å². The summed E-state index contributed by atoms with van der Waals surface area (Å²) in [5.41, 5.74) is 1.59. The van der Waals surface area contributed by atoms with Crippen molar-refractivity contribution < 1.29 is 9.21 Å². The van der Waals surface area contributed by atoms with Gasteiger partial charge in [-0.15, -0.1) is 11.3 Å². The van der Waals surface area contributed by atoms with Gasteiger partial charge in [0.1, 0.15) is 4.88 Å². The molecule has 0 saturated carbocycles. The van der Waals surface area contributed by atoms with E-state index in [0.717, 1.165) is 15.6 Å². The SMILES string of the molecule is O=C(Nc1ccc(-c2cnco2)cc1)c1sc2ccccc2c1Cl. The van der Waals surface area contributed by atoms with E-state index in [-0.39, 0.29) is 5.91 Å². The lowest BCUT2D eigenvalue weighted by Crippen LogP contribution is -2.10. The van der Waals surface area contributed by atoms with Gasteiger partial charge in [-0.2, -0.15) is 0 Å². The number of halogens is 1. The fourth-order valence-electron chi connectivity index (χ4n) is 2.42. The highest BCUT2D eigenvalue weighted by Gasteiger charge is 2.17. The normalized spacial score (nSPS) is 10.9. The Morgan fingerprint density at radius 2 is 1.92 bits per heavy atom. The number of thiophene rings is 1. The van der Waals surface area contributed by atoms with Gasteiger partial charge in [-0.1, -0.05) is 29.8 Å². The molecule has 4 rings (SSSR count). The predicted octanol–water partition coefficient (Wildman–Crippen LogP) is 5.46. The van der Waals surface area contributed by atoms with Crippen LogP contribution in [0, 0.1) is 0 Å². The molecule has 0 fully saturated rings. The maximum absolute atomic E-state index is 12.5. The number of aromatic nitrogens is 1. The van der Waals surface area contributed by atoms with Gasteiger partial charge >= 0.3 is 0 Å². The summed E-state index contributed by atoms with van der Waals surface area (Å²) in [5, 5.41) is 4.26. The standard InChI is InChI=1S/C18H11ClN2O2S/c19-16-13-3-1-2-4-15(13)24-17(16)18(22)21-12-7-5-11(6-8-12)14-9-20-10-23-14/h1-10H,(H,21,22). The summed E-state index contributed by atoms with van der Waals surface area (Å²) < 4.78 is 6.24. The number of hydrogen-bond acceptors (Lipinski definition) is 4. The van der Waals surface area contributed by atoms with Crippen LogP contribution in [-0.2, 0) is 0 Å². The largest absolute Gasteiger partial charge is 0.444 e. The third-order valence-corrected chi connectivity index (χ3v) is 5.27. The Kier molecular flexibility index (Phi) is 3.80. The Balaban J connectivity index is 1.58. The van der Waals surface area contributed by atoms with Crippen molar-refractivity contribution in [3.05, 3.63) is 71.0 Å². The number of carbonyl (C=O) groups is 1. The van der Waals surface area contributed by atoms with Crippen LogP contribution in [0.4, 0.5) is 5.69 Å². The van der Waals surface area contributed by atoms with Gasteiger partial charge in [-0.05, 0) is 30.3 Å². The minimum absolute atomic E-state index is 0.214. The molecular formula is C18H11ClN2O2S. The monoisotopic (exact) mass is 354 g/mol. The number of amides is 1. The first-order valence-corrected chi connectivity index (χ1v) is 8.39. The number of nitrogens with zero attached hydrogens (tertiary/aromatic N) is 1. The Morgan fingerprint density at radius 3 is 2.62 bits per heavy atom. The van der Waals surface area contributed by atoms with Gasteiger partial charge in [-0.3, -0.25) is 4.79 Å². The summed E-state index contributed by atoms with van der Waals surface area (Å²) >= 11 is 7.73. The van der Waals surface area contributed by atoms with E-state index in [0.29, 0.717) is 21.3 Å². The summed E-state index contributed by atoms with van der Waals surface area (Å²) in [4.78, 5) is 16.9. The van der Waals surface area contributed by atoms with Crippen LogP contribution < -0.4 is 5.32 Å². The summed E-state index contributed by atoms with van der Waals surface area (Å²) in [6.07, 6.45) is 3.03. The Labute approximate surface area is 146 Å². The van der Waals surface area contributed by atoms with Crippen molar-refractivity contribution in [1.82, 2.24) is 4.98 Å². The molecule has 4 aromatic rings. The van der Waals surface area contributed by atoms with Crippen LogP contribution in [0.25, 0.3) is 21.4 Å². The zero-order chi connectivity index (χ0) is 16.5. The van der Waals surface area contributed by atoms with E-state index in [1.807, 2.05) is 48.5 Å². The molecule has 118 valence electrons. The Morgan fingerprint density at radius 1 is 1.12 bits per heavy atom. The number of benzene rings is 2. The molecule has 0 saturated heterocycles. The fourth-order valence-corrected chi connectivity index (χ4v) is 3.84. The molecule has 1 N–H and O–H groups in total. The highest BCUT2D eigenvalue weighted by molar-refractivity contribution is 7.21. The summed E-state index contributed by atoms with van der Waals surface area (Å²) in [6, 6.07) is 15.1. The van der Waals surface area contributed by atoms with Gasteiger partial charge in [0.2, 0.25) is 0 Å². The molecule has 2 aromatic carbocycles. The van der Waals surface area contributed by atoms with E-state index in [9.17, 15) is 4.79 Å². The van der Waals surface area contributed by atoms with E-state index in [1.165, 1.54) is 17.7 Å². The second-order valence-electron chi connectivity index (χ2n) is 5.14. The number of rotatable bonds is 3. The maximum atomic E-state index is 12.5. The second-order valence-corrected chi connectivity index (χ2v) is 6.57. The minimum atomic E-state index is -0.214. The van der Waals surface area contributed by atoms with Crippen LogP contribution in [0.15, 0.2) is 65.5 Å². The van der Waals surface area contributed by atoms with E-state index >= 15 is 0 Å². The lowest BCUT2D eigenvalue weighted by molar-refractivity contribution is 0.103. The topological polar surface area (TPSA) is 55.1 Å². The quantitative estimate of drug-likeness (QED) is 0.531. The Hall–Kier alpha value is -2.63. The Bertz CT molecular complexity index is 1010. The van der Waals surface area contributed by atoms with Crippen LogP contribution >= 0.6 is 22.9 Å². The van der Waals surface area contributed by atoms with E-state index < -0.39 is 0 Å². The molecule has 0 atom stereocenters. The smallest absolute Gasteiger partial charge is 0.267 e. The zero-order valence-corrected chi connectivity index (χ0v) is 13.9. The highest BCUT2D eigenvalue weighted by atomic mass is 35.5. The van der Waals surface area contributed by atoms with Crippen molar-refractivity contribution in [2.75, 3.05) is 5.32 Å². The summed E-state index contributed by atoms with van der Waals surface area (Å²) in [6.45, 7) is 0. The summed E-state index contributed by atoms with van der Waals surface area (Å²) in [5.74, 6) is 0.467. The second kappa shape index (κ2) is 6.11. The molecule has 0 aliphatic carbocycles. The average molecular weight is 355 g/mol. The molecule has 24 heavy (non-hydrogen) atoms. The molecule has 0 radical (unpaired) electrons. The molecule has 4 nitrogen and oxygen atoms in total. The molecule has 1 amide bonds. The molecule has 0 bridgehead atoms. The number of carbonyl (C=O) groups excluding carboxylic acids is 1. The molecule has 6 heteroatoms. The molecule has 2 heterocycles. The fraction of sp³-hybridized carbons (Fsp3) is 0. The van der Waals surface area contributed by atoms with E-state index in [4.69, 9.17) is 16.0 Å². The highest BCUT2D eigenvalue weighted by Crippen LogP contribution is 2.35. The van der Waals surface area contributed by atoms with Gasteiger partial charge in [0.05, 0.1) is 11.2 Å². The van der Waals surface area contributed by atoms with Crippen molar-refractivity contribution in [3.8, 4) is 11.3 Å². The van der Waals surface area contributed by atoms with Crippen LogP contribution in [0.5, 0.6) is 0 Å². The van der Waals surface area contributed by atoms with Crippen LogP contribution in [0.1, 0.15) is 9.67 Å². The number of fused-ring (bicyclic) bond motifs is 1. The first kappa shape index (κ1) is 14.9. The zero-order valence-electron chi connectivity index (χ0n) is 12.3. The number of oxazole rings is 1. The first-order valence-electron chi connectivity index (χ1n) is 7.19. The molecule has 0 unspecified atom stereocenters. The molecule has 0 aliphatic heterocycles. The first-order chi connectivity index (χ1) is 11.7. The lowest BCUT2D eigenvalue weighted by atomic mass is 10.1. The van der Waals surface area contributed by atoms with Crippen LogP contribution in [0.2, 0.25) is 5.02 Å². The lowest BCUT2D eigenvalue weighted by Gasteiger charge is -2.05. The predicted molar refractivity (Wildman–Crippen MR) is 96.7 cm³/mol. The van der Waals surface area contributed by atoms with Crippen LogP contribution in [-0.4, -0.2) is 10.9 Å². The third kappa shape index (κ3) is 2.68. The van der Waals surface area contributed by atoms with Gasteiger partial charge in [0, 0.05) is 21.3 Å². The van der Waals surface area contributed by atoms with Crippen molar-refractivity contribution in [3.63, 3.8) is 0 Å². The number of nitrogens with one attached hydrogen (secondary N) is 1. The van der Waals surface area contributed by atoms with Crippen LogP contribution in [0.3, 0.4) is 0 Å². The van der Waals surface area contributed by atoms with Gasteiger partial charge in [0.25, 0.3) is 5.91 Å². The number of hydrogen-bond donors (Lipinski definition) is 1.